The molecule has 0 spiro atoms. The van der Waals surface area contributed by atoms with Crippen molar-refractivity contribution >= 4 is 11.8 Å². The van der Waals surface area contributed by atoms with Crippen molar-refractivity contribution in [3.8, 4) is 0 Å². The zero-order chi connectivity index (χ0) is 14.7. The number of nitrogens with zero attached hydrogens (tertiary/aromatic N) is 1. The van der Waals surface area contributed by atoms with Crippen LogP contribution in [0.15, 0.2) is 24.5 Å². The second-order valence-electron chi connectivity index (χ2n) is 3.69. The Morgan fingerprint density at radius 3 is 2.47 bits per heavy atom. The highest BCUT2D eigenvalue weighted by atomic mass is 19.4. The highest BCUT2D eigenvalue weighted by molar-refractivity contribution is 5.99. The molecule has 1 N–H and O–H groups in total. The molecule has 0 radical (unpaired) electrons. The maximum atomic E-state index is 12.7. The predicted molar refractivity (Wildman–Crippen MR) is 56.2 cm³/mol. The number of ketones is 1. The maximum Gasteiger partial charge on any atom is 0.428 e. The first kappa shape index (κ1) is 15.1. The third-order valence-electron chi connectivity index (χ3n) is 2.39. The van der Waals surface area contributed by atoms with Gasteiger partial charge in [-0.2, -0.15) is 13.2 Å². The van der Waals surface area contributed by atoms with Gasteiger partial charge in [0.1, 0.15) is 0 Å². The molecule has 0 aliphatic carbocycles. The van der Waals surface area contributed by atoms with Crippen LogP contribution >= 0.6 is 0 Å². The number of halogens is 3. The Balaban J connectivity index is 3.04. The van der Waals surface area contributed by atoms with E-state index >= 15 is 0 Å². The van der Waals surface area contributed by atoms with Crippen molar-refractivity contribution in [2.24, 2.45) is 0 Å². The van der Waals surface area contributed by atoms with Gasteiger partial charge >= 0.3 is 12.1 Å². The van der Waals surface area contributed by atoms with Gasteiger partial charge in [0.2, 0.25) is 0 Å². The molecule has 0 saturated heterocycles. The molecule has 1 aromatic heterocycles. The highest BCUT2D eigenvalue weighted by Gasteiger charge is 2.61. The molecule has 0 aliphatic heterocycles. The highest BCUT2D eigenvalue weighted by Crippen LogP contribution is 2.35. The fraction of sp³-hybridized carbons (Fsp3) is 0.364. The van der Waals surface area contributed by atoms with Gasteiger partial charge < -0.3 is 9.84 Å². The molecule has 1 unspecified atom stereocenters. The summed E-state index contributed by atoms with van der Waals surface area (Å²) < 4.78 is 42.0. The third kappa shape index (κ3) is 3.08. The van der Waals surface area contributed by atoms with E-state index in [2.05, 4.69) is 9.72 Å². The molecule has 0 aliphatic rings. The first-order valence-corrected chi connectivity index (χ1v) is 5.03. The van der Waals surface area contributed by atoms with Crippen LogP contribution in [0.1, 0.15) is 16.8 Å². The van der Waals surface area contributed by atoms with Crippen molar-refractivity contribution in [1.82, 2.24) is 4.98 Å². The van der Waals surface area contributed by atoms with Crippen LogP contribution in [-0.2, 0) is 9.53 Å². The summed E-state index contributed by atoms with van der Waals surface area (Å²) in [5, 5.41) is 9.41. The molecule has 5 nitrogen and oxygen atoms in total. The van der Waals surface area contributed by atoms with Crippen molar-refractivity contribution in [1.29, 1.82) is 0 Å². The van der Waals surface area contributed by atoms with E-state index < -0.39 is 30.0 Å². The number of alkyl halides is 3. The zero-order valence-corrected chi connectivity index (χ0v) is 9.77. The summed E-state index contributed by atoms with van der Waals surface area (Å²) in [5.41, 5.74) is -4.01. The van der Waals surface area contributed by atoms with Crippen molar-refractivity contribution in [2.75, 3.05) is 7.11 Å². The van der Waals surface area contributed by atoms with Crippen LogP contribution < -0.4 is 0 Å². The van der Waals surface area contributed by atoms with Crippen LogP contribution in [0.4, 0.5) is 13.2 Å². The standard InChI is InChI=1S/C11H10F3NO4/c1-19-9(17)10(18,11(12,13)14)5-8(16)7-3-2-4-15-6-7/h2-4,6,18H,5H2,1H3. The second kappa shape index (κ2) is 5.35. The van der Waals surface area contributed by atoms with Crippen LogP contribution in [0.25, 0.3) is 0 Å². The summed E-state index contributed by atoms with van der Waals surface area (Å²) in [6.45, 7) is 0. The van der Waals surface area contributed by atoms with Gasteiger partial charge in [-0.15, -0.1) is 0 Å². The summed E-state index contributed by atoms with van der Waals surface area (Å²) in [4.78, 5) is 26.3. The largest absolute Gasteiger partial charge is 0.467 e. The molecule has 1 heterocycles. The minimum Gasteiger partial charge on any atom is -0.467 e. The SMILES string of the molecule is COC(=O)C(O)(CC(=O)c1cccnc1)C(F)(F)F. The summed E-state index contributed by atoms with van der Waals surface area (Å²) in [5.74, 6) is -3.00. The van der Waals surface area contributed by atoms with E-state index in [-0.39, 0.29) is 5.56 Å². The van der Waals surface area contributed by atoms with Gasteiger partial charge in [0.05, 0.1) is 13.5 Å². The fourth-order valence-corrected chi connectivity index (χ4v) is 1.32. The average molecular weight is 277 g/mol. The predicted octanol–water partition coefficient (Wildman–Crippen LogP) is 1.12. The van der Waals surface area contributed by atoms with E-state index in [0.29, 0.717) is 7.11 Å². The quantitative estimate of drug-likeness (QED) is 0.659. The smallest absolute Gasteiger partial charge is 0.428 e. The average Bonchev–Trinajstić information content (AvgIpc) is 2.37. The van der Waals surface area contributed by atoms with Crippen molar-refractivity contribution in [3.05, 3.63) is 30.1 Å². The number of pyridine rings is 1. The minimum atomic E-state index is -5.32. The molecule has 104 valence electrons. The molecular formula is C11H10F3NO4. The molecule has 0 saturated carbocycles. The van der Waals surface area contributed by atoms with Crippen molar-refractivity contribution < 1.29 is 32.6 Å². The van der Waals surface area contributed by atoms with Gasteiger partial charge in [-0.3, -0.25) is 9.78 Å². The van der Waals surface area contributed by atoms with Crippen LogP contribution in [0.2, 0.25) is 0 Å². The topological polar surface area (TPSA) is 76.5 Å². The van der Waals surface area contributed by atoms with Gasteiger partial charge in [0, 0.05) is 18.0 Å². The van der Waals surface area contributed by atoms with E-state index in [0.717, 1.165) is 6.20 Å². The summed E-state index contributed by atoms with van der Waals surface area (Å²) in [6, 6.07) is 2.57. The first-order valence-electron chi connectivity index (χ1n) is 5.03. The van der Waals surface area contributed by atoms with Gasteiger partial charge in [0.15, 0.2) is 5.78 Å². The number of ether oxygens (including phenoxy) is 1. The number of carbonyl (C=O) groups is 2. The second-order valence-corrected chi connectivity index (χ2v) is 3.69. The number of aromatic nitrogens is 1. The summed E-state index contributed by atoms with van der Waals surface area (Å²) in [6.07, 6.45) is -4.42. The Morgan fingerprint density at radius 2 is 2.05 bits per heavy atom. The lowest BCUT2D eigenvalue weighted by atomic mass is 9.94. The number of carbonyl (C=O) groups excluding carboxylic acids is 2. The maximum absolute atomic E-state index is 12.7. The minimum absolute atomic E-state index is 0.144. The molecule has 8 heteroatoms. The Bertz CT molecular complexity index is 475. The Kier molecular flexibility index (Phi) is 4.25. The number of hydrogen-bond acceptors (Lipinski definition) is 5. The molecule has 0 bridgehead atoms. The molecule has 0 fully saturated rings. The van der Waals surface area contributed by atoms with Crippen LogP contribution in [-0.4, -0.2) is 40.7 Å². The van der Waals surface area contributed by atoms with Crippen LogP contribution in [0.5, 0.6) is 0 Å². The molecule has 19 heavy (non-hydrogen) atoms. The number of aliphatic hydroxyl groups is 1. The Hall–Kier alpha value is -1.96. The van der Waals surface area contributed by atoms with Gasteiger partial charge in [-0.1, -0.05) is 0 Å². The fourth-order valence-electron chi connectivity index (χ4n) is 1.32. The Morgan fingerprint density at radius 1 is 1.42 bits per heavy atom. The molecule has 0 aromatic carbocycles. The van der Waals surface area contributed by atoms with E-state index in [1.165, 1.54) is 18.3 Å². The van der Waals surface area contributed by atoms with E-state index in [9.17, 15) is 27.9 Å². The van der Waals surface area contributed by atoms with E-state index in [4.69, 9.17) is 0 Å². The summed E-state index contributed by atoms with van der Waals surface area (Å²) in [7, 11) is 0.688. The molecule has 1 aromatic rings. The number of esters is 1. The third-order valence-corrected chi connectivity index (χ3v) is 2.39. The number of rotatable bonds is 4. The van der Waals surface area contributed by atoms with Crippen LogP contribution in [0.3, 0.4) is 0 Å². The number of hydrogen-bond donors (Lipinski definition) is 1. The number of methoxy groups -OCH3 is 1. The monoisotopic (exact) mass is 277 g/mol. The van der Waals surface area contributed by atoms with Gasteiger partial charge in [-0.05, 0) is 12.1 Å². The molecule has 1 atom stereocenters. The van der Waals surface area contributed by atoms with E-state index in [1.54, 1.807) is 0 Å². The summed E-state index contributed by atoms with van der Waals surface area (Å²) >= 11 is 0. The van der Waals surface area contributed by atoms with Gasteiger partial charge in [0.25, 0.3) is 5.60 Å². The lowest BCUT2D eigenvalue weighted by molar-refractivity contribution is -0.260. The molecule has 1 rings (SSSR count). The normalized spacial score (nSPS) is 14.6. The van der Waals surface area contributed by atoms with Crippen molar-refractivity contribution in [2.45, 2.75) is 18.2 Å². The van der Waals surface area contributed by atoms with Gasteiger partial charge in [-0.25, -0.2) is 4.79 Å². The number of Topliss-reactive ketones (excluding diaryl/α,β-unsaturated/α-hetero) is 1. The van der Waals surface area contributed by atoms with Crippen LogP contribution in [0, 0.1) is 0 Å². The van der Waals surface area contributed by atoms with Crippen molar-refractivity contribution in [3.63, 3.8) is 0 Å². The first-order chi connectivity index (χ1) is 8.72. The zero-order valence-electron chi connectivity index (χ0n) is 9.77. The molecule has 0 amide bonds. The Labute approximate surface area is 106 Å². The lowest BCUT2D eigenvalue weighted by Gasteiger charge is -2.26. The molecular weight excluding hydrogens is 267 g/mol. The lowest BCUT2D eigenvalue weighted by Crippen LogP contribution is -2.54. The van der Waals surface area contributed by atoms with E-state index in [1.807, 2.05) is 0 Å².